The van der Waals surface area contributed by atoms with Crippen LogP contribution in [0.4, 0.5) is 5.88 Å². The van der Waals surface area contributed by atoms with E-state index < -0.39 is 0 Å². The number of nitrogens with zero attached hydrogens (tertiary/aromatic N) is 4. The van der Waals surface area contributed by atoms with Crippen LogP contribution >= 0.6 is 0 Å². The zero-order valence-electron chi connectivity index (χ0n) is 16.8. The Labute approximate surface area is 167 Å². The third-order valence-corrected chi connectivity index (χ3v) is 5.62. The number of piperazine rings is 1. The van der Waals surface area contributed by atoms with Crippen molar-refractivity contribution < 1.29 is 9.26 Å². The van der Waals surface area contributed by atoms with Crippen molar-refractivity contribution >= 4 is 5.88 Å². The van der Waals surface area contributed by atoms with Gasteiger partial charge >= 0.3 is 0 Å². The summed E-state index contributed by atoms with van der Waals surface area (Å²) < 4.78 is 11.3. The van der Waals surface area contributed by atoms with Crippen LogP contribution in [0, 0.1) is 0 Å². The Balaban J connectivity index is 1.45. The van der Waals surface area contributed by atoms with Gasteiger partial charge in [-0.15, -0.1) is 0 Å². The summed E-state index contributed by atoms with van der Waals surface area (Å²) in [5.74, 6) is 0.922. The summed E-state index contributed by atoms with van der Waals surface area (Å²) >= 11 is 0. The molecule has 0 atom stereocenters. The fourth-order valence-electron chi connectivity index (χ4n) is 3.82. The second-order valence-electron chi connectivity index (χ2n) is 7.60. The molecular formula is C21H31N5O2. The zero-order chi connectivity index (χ0) is 19.2. The van der Waals surface area contributed by atoms with Gasteiger partial charge in [0.1, 0.15) is 5.69 Å². The summed E-state index contributed by atoms with van der Waals surface area (Å²) in [5.41, 5.74) is 3.22. The third-order valence-electron chi connectivity index (χ3n) is 5.62. The normalized spacial score (nSPS) is 19.2. The first-order valence-corrected chi connectivity index (χ1v) is 10.3. The van der Waals surface area contributed by atoms with E-state index in [0.717, 1.165) is 94.8 Å². The van der Waals surface area contributed by atoms with E-state index in [-0.39, 0.29) is 0 Å². The van der Waals surface area contributed by atoms with Gasteiger partial charge in [0.15, 0.2) is 0 Å². The second kappa shape index (κ2) is 9.52. The van der Waals surface area contributed by atoms with Crippen molar-refractivity contribution in [2.75, 3.05) is 77.5 Å². The molecule has 0 bridgehead atoms. The fourth-order valence-corrected chi connectivity index (χ4v) is 3.82. The van der Waals surface area contributed by atoms with Gasteiger partial charge in [-0.1, -0.05) is 35.5 Å². The SMILES string of the molecule is CN1CCN(c2onc(-c3ccccc3)c2CNCCN2CCOCC2)CC1. The van der Waals surface area contributed by atoms with Gasteiger partial charge in [0.2, 0.25) is 5.88 Å². The molecule has 0 radical (unpaired) electrons. The van der Waals surface area contributed by atoms with Gasteiger partial charge in [-0.3, -0.25) is 4.90 Å². The summed E-state index contributed by atoms with van der Waals surface area (Å²) in [6.45, 7) is 10.5. The molecular weight excluding hydrogens is 354 g/mol. The van der Waals surface area contributed by atoms with E-state index in [1.807, 2.05) is 6.07 Å². The Kier molecular flexibility index (Phi) is 6.59. The number of likely N-dealkylation sites (N-methyl/N-ethyl adjacent to an activating group) is 1. The van der Waals surface area contributed by atoms with Gasteiger partial charge in [-0.05, 0) is 7.05 Å². The average molecular weight is 386 g/mol. The molecule has 4 rings (SSSR count). The molecule has 2 saturated heterocycles. The molecule has 0 unspecified atom stereocenters. The molecule has 2 aliphatic heterocycles. The van der Waals surface area contributed by atoms with Crippen LogP contribution in [0.1, 0.15) is 5.56 Å². The molecule has 2 aliphatic rings. The highest BCUT2D eigenvalue weighted by atomic mass is 16.5. The third kappa shape index (κ3) is 4.72. The number of anilines is 1. The quantitative estimate of drug-likeness (QED) is 0.725. The molecule has 0 saturated carbocycles. The van der Waals surface area contributed by atoms with Gasteiger partial charge in [-0.2, -0.15) is 0 Å². The minimum absolute atomic E-state index is 0.764. The summed E-state index contributed by atoms with van der Waals surface area (Å²) in [5, 5.41) is 8.07. The smallest absolute Gasteiger partial charge is 0.232 e. The predicted octanol–water partition coefficient (Wildman–Crippen LogP) is 1.52. The van der Waals surface area contributed by atoms with Crippen molar-refractivity contribution in [2.24, 2.45) is 0 Å². The highest BCUT2D eigenvalue weighted by Gasteiger charge is 2.24. The first-order chi connectivity index (χ1) is 13.8. The topological polar surface area (TPSA) is 57.0 Å². The highest BCUT2D eigenvalue weighted by Crippen LogP contribution is 2.31. The maximum Gasteiger partial charge on any atom is 0.232 e. The Morgan fingerprint density at radius 3 is 2.50 bits per heavy atom. The van der Waals surface area contributed by atoms with E-state index >= 15 is 0 Å². The summed E-state index contributed by atoms with van der Waals surface area (Å²) in [6.07, 6.45) is 0. The molecule has 0 aliphatic carbocycles. The molecule has 1 N–H and O–H groups in total. The fraction of sp³-hybridized carbons (Fsp3) is 0.571. The number of rotatable bonds is 7. The summed E-state index contributed by atoms with van der Waals surface area (Å²) in [7, 11) is 2.17. The molecule has 7 heteroatoms. The van der Waals surface area contributed by atoms with E-state index in [2.05, 4.69) is 56.5 Å². The monoisotopic (exact) mass is 385 g/mol. The molecule has 2 fully saturated rings. The average Bonchev–Trinajstić information content (AvgIpc) is 3.17. The molecule has 0 spiro atoms. The van der Waals surface area contributed by atoms with Gasteiger partial charge in [0.05, 0.1) is 18.8 Å². The van der Waals surface area contributed by atoms with E-state index in [4.69, 9.17) is 9.26 Å². The van der Waals surface area contributed by atoms with Crippen LogP contribution in [0.5, 0.6) is 0 Å². The highest BCUT2D eigenvalue weighted by molar-refractivity contribution is 5.68. The van der Waals surface area contributed by atoms with Crippen molar-refractivity contribution in [3.63, 3.8) is 0 Å². The van der Waals surface area contributed by atoms with Crippen molar-refractivity contribution in [1.82, 2.24) is 20.3 Å². The van der Waals surface area contributed by atoms with Crippen LogP contribution < -0.4 is 10.2 Å². The van der Waals surface area contributed by atoms with Gasteiger partial charge in [0.25, 0.3) is 0 Å². The maximum absolute atomic E-state index is 5.86. The van der Waals surface area contributed by atoms with Gasteiger partial charge in [0, 0.05) is 64.5 Å². The predicted molar refractivity (Wildman–Crippen MR) is 111 cm³/mol. The van der Waals surface area contributed by atoms with E-state index in [1.54, 1.807) is 0 Å². The molecule has 1 aromatic carbocycles. The zero-order valence-corrected chi connectivity index (χ0v) is 16.8. The van der Waals surface area contributed by atoms with Crippen LogP contribution in [0.3, 0.4) is 0 Å². The lowest BCUT2D eigenvalue weighted by Gasteiger charge is -2.32. The lowest BCUT2D eigenvalue weighted by molar-refractivity contribution is 0.0384. The molecule has 2 aromatic rings. The van der Waals surface area contributed by atoms with E-state index in [9.17, 15) is 0 Å². The molecule has 152 valence electrons. The van der Waals surface area contributed by atoms with Crippen LogP contribution in [0.25, 0.3) is 11.3 Å². The van der Waals surface area contributed by atoms with E-state index in [1.165, 1.54) is 0 Å². The van der Waals surface area contributed by atoms with Crippen LogP contribution in [-0.2, 0) is 11.3 Å². The van der Waals surface area contributed by atoms with Crippen molar-refractivity contribution in [2.45, 2.75) is 6.54 Å². The lowest BCUT2D eigenvalue weighted by Crippen LogP contribution is -2.44. The standard InChI is InChI=1S/C21H31N5O2/c1-24-9-11-26(12-10-24)21-19(17-22-7-8-25-13-15-27-16-14-25)20(23-28-21)18-5-3-2-4-6-18/h2-6,22H,7-17H2,1H3. The van der Waals surface area contributed by atoms with Crippen LogP contribution in [0.15, 0.2) is 34.9 Å². The Morgan fingerprint density at radius 2 is 1.75 bits per heavy atom. The second-order valence-corrected chi connectivity index (χ2v) is 7.60. The maximum atomic E-state index is 5.86. The Morgan fingerprint density at radius 1 is 1.00 bits per heavy atom. The van der Waals surface area contributed by atoms with Crippen molar-refractivity contribution in [1.29, 1.82) is 0 Å². The molecule has 0 amide bonds. The first kappa shape index (κ1) is 19.4. The summed E-state index contributed by atoms with van der Waals surface area (Å²) in [4.78, 5) is 7.13. The number of hydrogen-bond acceptors (Lipinski definition) is 7. The Hall–Kier alpha value is -1.93. The van der Waals surface area contributed by atoms with Crippen molar-refractivity contribution in [3.05, 3.63) is 35.9 Å². The first-order valence-electron chi connectivity index (χ1n) is 10.3. The molecule has 7 nitrogen and oxygen atoms in total. The van der Waals surface area contributed by atoms with E-state index in [0.29, 0.717) is 0 Å². The minimum atomic E-state index is 0.764. The summed E-state index contributed by atoms with van der Waals surface area (Å²) in [6, 6.07) is 10.3. The van der Waals surface area contributed by atoms with Crippen LogP contribution in [-0.4, -0.2) is 87.6 Å². The molecule has 3 heterocycles. The van der Waals surface area contributed by atoms with Gasteiger partial charge < -0.3 is 24.4 Å². The molecule has 1 aromatic heterocycles. The lowest BCUT2D eigenvalue weighted by atomic mass is 10.1. The molecule has 28 heavy (non-hydrogen) atoms. The minimum Gasteiger partial charge on any atom is -0.379 e. The van der Waals surface area contributed by atoms with Crippen molar-refractivity contribution in [3.8, 4) is 11.3 Å². The van der Waals surface area contributed by atoms with Gasteiger partial charge in [-0.25, -0.2) is 0 Å². The number of aromatic nitrogens is 1. The van der Waals surface area contributed by atoms with Crippen LogP contribution in [0.2, 0.25) is 0 Å². The number of nitrogens with one attached hydrogen (secondary N) is 1. The number of ether oxygens (including phenoxy) is 1. The number of morpholine rings is 1. The number of benzene rings is 1. The largest absolute Gasteiger partial charge is 0.379 e. The Bertz CT molecular complexity index is 722. The number of hydrogen-bond donors (Lipinski definition) is 1.